The van der Waals surface area contributed by atoms with Crippen molar-refractivity contribution in [1.29, 1.82) is 0 Å². The Morgan fingerprint density at radius 3 is 2.15 bits per heavy atom. The van der Waals surface area contributed by atoms with Crippen LogP contribution in [0.5, 0.6) is 0 Å². The molecule has 2 N–H and O–H groups in total. The zero-order valence-corrected chi connectivity index (χ0v) is 12.4. The van der Waals surface area contributed by atoms with Gasteiger partial charge in [-0.3, -0.25) is 4.79 Å². The maximum atomic E-state index is 12.5. The molecule has 0 aliphatic carbocycles. The van der Waals surface area contributed by atoms with Crippen LogP contribution in [0.4, 0.5) is 11.4 Å². The van der Waals surface area contributed by atoms with E-state index in [9.17, 15) is 4.79 Å². The summed E-state index contributed by atoms with van der Waals surface area (Å²) in [5, 5.41) is 0. The van der Waals surface area contributed by atoms with E-state index in [1.54, 1.807) is 24.1 Å². The number of rotatable bonds is 2. The van der Waals surface area contributed by atoms with Gasteiger partial charge in [0.2, 0.25) is 0 Å². The highest BCUT2D eigenvalue weighted by Crippen LogP contribution is 2.21. The minimum atomic E-state index is -0.0295. The molecule has 0 radical (unpaired) electrons. The second-order valence-electron chi connectivity index (χ2n) is 5.28. The molecule has 2 aromatic carbocycles. The molecule has 0 aliphatic rings. The van der Waals surface area contributed by atoms with Crippen LogP contribution in [0.25, 0.3) is 0 Å². The highest BCUT2D eigenvalue weighted by atomic mass is 16.2. The third kappa shape index (κ3) is 2.82. The summed E-state index contributed by atoms with van der Waals surface area (Å²) < 4.78 is 0. The van der Waals surface area contributed by atoms with E-state index in [1.807, 2.05) is 39.0 Å². The Morgan fingerprint density at radius 2 is 1.60 bits per heavy atom. The van der Waals surface area contributed by atoms with Gasteiger partial charge in [0.05, 0.1) is 0 Å². The molecule has 1 amide bonds. The average Bonchev–Trinajstić information content (AvgIpc) is 2.39. The summed E-state index contributed by atoms with van der Waals surface area (Å²) in [5.41, 5.74) is 11.3. The van der Waals surface area contributed by atoms with Crippen LogP contribution in [0, 0.1) is 20.8 Å². The Bertz CT molecular complexity index is 642. The first-order valence-corrected chi connectivity index (χ1v) is 6.61. The number of hydrogen-bond acceptors (Lipinski definition) is 2. The number of nitrogens with zero attached hydrogens (tertiary/aromatic N) is 1. The van der Waals surface area contributed by atoms with Crippen LogP contribution in [0.2, 0.25) is 0 Å². The number of benzene rings is 2. The van der Waals surface area contributed by atoms with Crippen LogP contribution in [0.15, 0.2) is 36.4 Å². The normalized spacial score (nSPS) is 10.4. The van der Waals surface area contributed by atoms with Gasteiger partial charge in [-0.05, 0) is 67.8 Å². The largest absolute Gasteiger partial charge is 0.399 e. The molecule has 20 heavy (non-hydrogen) atoms. The van der Waals surface area contributed by atoms with Gasteiger partial charge in [-0.15, -0.1) is 0 Å². The fraction of sp³-hybridized carbons (Fsp3) is 0.235. The van der Waals surface area contributed by atoms with Gasteiger partial charge in [0.15, 0.2) is 0 Å². The molecular formula is C17H20N2O. The molecule has 0 fully saturated rings. The number of carbonyl (C=O) groups excluding carboxylic acids is 1. The molecular weight excluding hydrogens is 248 g/mol. The molecule has 3 heteroatoms. The van der Waals surface area contributed by atoms with E-state index in [4.69, 9.17) is 5.73 Å². The molecule has 2 aromatic rings. The van der Waals surface area contributed by atoms with Crippen molar-refractivity contribution in [1.82, 2.24) is 0 Å². The number of carbonyl (C=O) groups is 1. The van der Waals surface area contributed by atoms with Crippen LogP contribution in [0.3, 0.4) is 0 Å². The van der Waals surface area contributed by atoms with Gasteiger partial charge in [0, 0.05) is 24.0 Å². The number of anilines is 2. The zero-order chi connectivity index (χ0) is 14.9. The van der Waals surface area contributed by atoms with Crippen LogP contribution in [-0.4, -0.2) is 13.0 Å². The summed E-state index contributed by atoms with van der Waals surface area (Å²) in [7, 11) is 1.79. The Kier molecular flexibility index (Phi) is 3.79. The lowest BCUT2D eigenvalue weighted by Crippen LogP contribution is -2.26. The number of hydrogen-bond donors (Lipinski definition) is 1. The Labute approximate surface area is 120 Å². The Balaban J connectivity index is 2.34. The lowest BCUT2D eigenvalue weighted by Gasteiger charge is -2.19. The van der Waals surface area contributed by atoms with Crippen molar-refractivity contribution in [2.45, 2.75) is 20.8 Å². The van der Waals surface area contributed by atoms with Crippen molar-refractivity contribution < 1.29 is 4.79 Å². The molecule has 0 atom stereocenters. The summed E-state index contributed by atoms with van der Waals surface area (Å²) in [6, 6.07) is 11.5. The van der Waals surface area contributed by atoms with Crippen molar-refractivity contribution in [3.05, 3.63) is 58.7 Å². The van der Waals surface area contributed by atoms with E-state index in [0.29, 0.717) is 11.3 Å². The van der Waals surface area contributed by atoms with Gasteiger partial charge in [0.1, 0.15) is 0 Å². The molecule has 0 saturated heterocycles. The number of nitrogen functional groups attached to an aromatic ring is 1. The van der Waals surface area contributed by atoms with Gasteiger partial charge in [-0.1, -0.05) is 6.07 Å². The highest BCUT2D eigenvalue weighted by Gasteiger charge is 2.14. The first-order valence-electron chi connectivity index (χ1n) is 6.61. The molecule has 0 bridgehead atoms. The topological polar surface area (TPSA) is 46.3 Å². The molecule has 0 unspecified atom stereocenters. The molecule has 104 valence electrons. The SMILES string of the molecule is Cc1cc(C)cc(N(C)C(=O)c2ccc(N)c(C)c2)c1. The quantitative estimate of drug-likeness (QED) is 0.848. The Morgan fingerprint density at radius 1 is 1.00 bits per heavy atom. The van der Waals surface area contributed by atoms with Crippen molar-refractivity contribution in [2.24, 2.45) is 0 Å². The first-order chi connectivity index (χ1) is 9.38. The molecule has 2 rings (SSSR count). The minimum absolute atomic E-state index is 0.0295. The summed E-state index contributed by atoms with van der Waals surface area (Å²) in [5.74, 6) is -0.0295. The number of amides is 1. The van der Waals surface area contributed by atoms with Crippen molar-refractivity contribution in [2.75, 3.05) is 17.7 Å². The fourth-order valence-corrected chi connectivity index (χ4v) is 2.26. The lowest BCUT2D eigenvalue weighted by molar-refractivity contribution is 0.0993. The van der Waals surface area contributed by atoms with Crippen molar-refractivity contribution in [3.63, 3.8) is 0 Å². The third-order valence-corrected chi connectivity index (χ3v) is 3.42. The minimum Gasteiger partial charge on any atom is -0.399 e. The van der Waals surface area contributed by atoms with Gasteiger partial charge in [0.25, 0.3) is 5.91 Å². The van der Waals surface area contributed by atoms with Crippen LogP contribution in [-0.2, 0) is 0 Å². The standard InChI is InChI=1S/C17H20N2O/c1-11-7-12(2)9-15(8-11)19(4)17(20)14-5-6-16(18)13(3)10-14/h5-10H,18H2,1-4H3. The molecule has 0 spiro atoms. The van der Waals surface area contributed by atoms with E-state index in [1.165, 1.54) is 0 Å². The van der Waals surface area contributed by atoms with E-state index >= 15 is 0 Å². The summed E-state index contributed by atoms with van der Waals surface area (Å²) in [6.07, 6.45) is 0. The third-order valence-electron chi connectivity index (χ3n) is 3.42. The van der Waals surface area contributed by atoms with Crippen LogP contribution < -0.4 is 10.6 Å². The molecule has 0 aromatic heterocycles. The van der Waals surface area contributed by atoms with Gasteiger partial charge in [-0.25, -0.2) is 0 Å². The second kappa shape index (κ2) is 5.37. The van der Waals surface area contributed by atoms with Gasteiger partial charge in [-0.2, -0.15) is 0 Å². The summed E-state index contributed by atoms with van der Waals surface area (Å²) in [4.78, 5) is 14.2. The average molecular weight is 268 g/mol. The van der Waals surface area contributed by atoms with E-state index in [2.05, 4.69) is 6.07 Å². The van der Waals surface area contributed by atoms with E-state index in [0.717, 1.165) is 22.4 Å². The molecule has 0 heterocycles. The number of nitrogens with two attached hydrogens (primary N) is 1. The molecule has 3 nitrogen and oxygen atoms in total. The van der Waals surface area contributed by atoms with E-state index in [-0.39, 0.29) is 5.91 Å². The smallest absolute Gasteiger partial charge is 0.258 e. The zero-order valence-electron chi connectivity index (χ0n) is 12.4. The maximum Gasteiger partial charge on any atom is 0.258 e. The summed E-state index contributed by atoms with van der Waals surface area (Å²) >= 11 is 0. The second-order valence-corrected chi connectivity index (χ2v) is 5.28. The van der Waals surface area contributed by atoms with E-state index < -0.39 is 0 Å². The van der Waals surface area contributed by atoms with Gasteiger partial charge >= 0.3 is 0 Å². The van der Waals surface area contributed by atoms with Crippen molar-refractivity contribution in [3.8, 4) is 0 Å². The Hall–Kier alpha value is -2.29. The lowest BCUT2D eigenvalue weighted by atomic mass is 10.1. The van der Waals surface area contributed by atoms with Crippen molar-refractivity contribution >= 4 is 17.3 Å². The predicted octanol–water partition coefficient (Wildman–Crippen LogP) is 3.47. The fourth-order valence-electron chi connectivity index (χ4n) is 2.26. The summed E-state index contributed by atoms with van der Waals surface area (Å²) in [6.45, 7) is 5.97. The molecule has 0 saturated carbocycles. The first kappa shape index (κ1) is 14.1. The molecule has 0 aliphatic heterocycles. The number of aryl methyl sites for hydroxylation is 3. The monoisotopic (exact) mass is 268 g/mol. The van der Waals surface area contributed by atoms with Gasteiger partial charge < -0.3 is 10.6 Å². The van der Waals surface area contributed by atoms with Crippen LogP contribution in [0.1, 0.15) is 27.0 Å². The van der Waals surface area contributed by atoms with Crippen LogP contribution >= 0.6 is 0 Å². The predicted molar refractivity (Wildman–Crippen MR) is 84.2 cm³/mol. The maximum absolute atomic E-state index is 12.5. The highest BCUT2D eigenvalue weighted by molar-refractivity contribution is 6.06.